The number of hydrogen-bond acceptors (Lipinski definition) is 4. The van der Waals surface area contributed by atoms with Crippen molar-refractivity contribution in [1.29, 1.82) is 0 Å². The topological polar surface area (TPSA) is 63.1 Å². The van der Waals surface area contributed by atoms with E-state index < -0.39 is 11.9 Å². The lowest BCUT2D eigenvalue weighted by Crippen LogP contribution is -2.14. The zero-order valence-electron chi connectivity index (χ0n) is 8.71. The molecule has 2 aromatic rings. The van der Waals surface area contributed by atoms with Gasteiger partial charge in [0.2, 0.25) is 0 Å². The maximum absolute atomic E-state index is 11.2. The van der Waals surface area contributed by atoms with E-state index in [1.807, 2.05) is 24.3 Å². The molecule has 1 heterocycles. The molecule has 88 valence electrons. The smallest absolute Gasteiger partial charge is 0.313 e. The summed E-state index contributed by atoms with van der Waals surface area (Å²) in [5.74, 6) is -1.50. The SMILES string of the molecule is O=C(O)C(Cc1cccc(Br)c1)c1ncns1. The summed E-state index contributed by atoms with van der Waals surface area (Å²) in [4.78, 5) is 15.2. The van der Waals surface area contributed by atoms with Crippen LogP contribution in [0.1, 0.15) is 16.5 Å². The van der Waals surface area contributed by atoms with Gasteiger partial charge < -0.3 is 5.11 Å². The van der Waals surface area contributed by atoms with Gasteiger partial charge in [-0.25, -0.2) is 4.98 Å². The fourth-order valence-corrected chi connectivity index (χ4v) is 2.57. The molecule has 2 rings (SSSR count). The molecule has 0 radical (unpaired) electrons. The molecule has 0 fully saturated rings. The summed E-state index contributed by atoms with van der Waals surface area (Å²) in [5, 5.41) is 9.74. The maximum atomic E-state index is 11.2. The Labute approximate surface area is 111 Å². The molecule has 0 saturated heterocycles. The molecule has 0 saturated carbocycles. The molecule has 17 heavy (non-hydrogen) atoms. The molecular weight excluding hydrogens is 304 g/mol. The van der Waals surface area contributed by atoms with Crippen molar-refractivity contribution in [3.63, 3.8) is 0 Å². The predicted molar refractivity (Wildman–Crippen MR) is 68.1 cm³/mol. The van der Waals surface area contributed by atoms with Crippen molar-refractivity contribution in [2.45, 2.75) is 12.3 Å². The summed E-state index contributed by atoms with van der Waals surface area (Å²) in [6.45, 7) is 0. The van der Waals surface area contributed by atoms with E-state index in [-0.39, 0.29) is 0 Å². The van der Waals surface area contributed by atoms with Crippen LogP contribution in [0.5, 0.6) is 0 Å². The van der Waals surface area contributed by atoms with Crippen LogP contribution in [0.2, 0.25) is 0 Å². The number of carboxylic acid groups (broad SMARTS) is 1. The number of carbonyl (C=O) groups is 1. The summed E-state index contributed by atoms with van der Waals surface area (Å²) in [6.07, 6.45) is 1.81. The van der Waals surface area contributed by atoms with Gasteiger partial charge >= 0.3 is 5.97 Å². The van der Waals surface area contributed by atoms with E-state index in [1.54, 1.807) is 0 Å². The number of aliphatic carboxylic acids is 1. The van der Waals surface area contributed by atoms with Gasteiger partial charge in [0.25, 0.3) is 0 Å². The van der Waals surface area contributed by atoms with Gasteiger partial charge in [-0.1, -0.05) is 28.1 Å². The van der Waals surface area contributed by atoms with Crippen molar-refractivity contribution < 1.29 is 9.90 Å². The van der Waals surface area contributed by atoms with E-state index in [1.165, 1.54) is 6.33 Å². The van der Waals surface area contributed by atoms with Crippen LogP contribution in [0, 0.1) is 0 Å². The van der Waals surface area contributed by atoms with Crippen molar-refractivity contribution in [3.05, 3.63) is 45.6 Å². The number of carboxylic acids is 1. The highest BCUT2D eigenvalue weighted by Crippen LogP contribution is 2.23. The molecule has 0 amide bonds. The summed E-state index contributed by atoms with van der Waals surface area (Å²) in [5.41, 5.74) is 0.960. The van der Waals surface area contributed by atoms with Crippen LogP contribution in [0.25, 0.3) is 0 Å². The van der Waals surface area contributed by atoms with Crippen LogP contribution in [0.15, 0.2) is 35.1 Å². The van der Waals surface area contributed by atoms with E-state index >= 15 is 0 Å². The van der Waals surface area contributed by atoms with Crippen molar-refractivity contribution in [2.75, 3.05) is 0 Å². The average molecular weight is 313 g/mol. The molecule has 1 N–H and O–H groups in total. The maximum Gasteiger partial charge on any atom is 0.313 e. The van der Waals surface area contributed by atoms with Crippen molar-refractivity contribution in [1.82, 2.24) is 9.36 Å². The Morgan fingerprint density at radius 2 is 2.35 bits per heavy atom. The Kier molecular flexibility index (Phi) is 3.86. The number of hydrogen-bond donors (Lipinski definition) is 1. The van der Waals surface area contributed by atoms with Crippen LogP contribution in [0.4, 0.5) is 0 Å². The second kappa shape index (κ2) is 5.37. The first-order valence-corrected chi connectivity index (χ1v) is 6.47. The molecule has 0 aliphatic carbocycles. The highest BCUT2D eigenvalue weighted by molar-refractivity contribution is 9.10. The lowest BCUT2D eigenvalue weighted by molar-refractivity contribution is -0.138. The van der Waals surface area contributed by atoms with E-state index in [9.17, 15) is 9.90 Å². The van der Waals surface area contributed by atoms with Gasteiger partial charge in [-0.3, -0.25) is 4.79 Å². The third kappa shape index (κ3) is 3.10. The molecule has 0 aliphatic heterocycles. The zero-order chi connectivity index (χ0) is 12.3. The van der Waals surface area contributed by atoms with Gasteiger partial charge in [0.05, 0.1) is 0 Å². The molecule has 6 heteroatoms. The van der Waals surface area contributed by atoms with Gasteiger partial charge in [-0.2, -0.15) is 4.37 Å². The van der Waals surface area contributed by atoms with Crippen molar-refractivity contribution >= 4 is 33.4 Å². The number of rotatable bonds is 4. The number of halogens is 1. The van der Waals surface area contributed by atoms with Crippen molar-refractivity contribution in [3.8, 4) is 0 Å². The van der Waals surface area contributed by atoms with Crippen molar-refractivity contribution in [2.24, 2.45) is 0 Å². The second-order valence-corrected chi connectivity index (χ2v) is 5.23. The Balaban J connectivity index is 2.22. The van der Waals surface area contributed by atoms with E-state index in [4.69, 9.17) is 0 Å². The summed E-state index contributed by atoms with van der Waals surface area (Å²) in [6, 6.07) is 7.61. The van der Waals surface area contributed by atoms with Gasteiger partial charge in [0, 0.05) is 4.47 Å². The van der Waals surface area contributed by atoms with Crippen LogP contribution in [-0.4, -0.2) is 20.4 Å². The van der Waals surface area contributed by atoms with Gasteiger partial charge in [0.15, 0.2) is 0 Å². The molecule has 1 atom stereocenters. The van der Waals surface area contributed by atoms with E-state index in [0.29, 0.717) is 11.4 Å². The van der Waals surface area contributed by atoms with E-state index in [0.717, 1.165) is 21.6 Å². The van der Waals surface area contributed by atoms with Crippen LogP contribution >= 0.6 is 27.5 Å². The van der Waals surface area contributed by atoms with Crippen LogP contribution < -0.4 is 0 Å². The molecule has 1 unspecified atom stereocenters. The average Bonchev–Trinajstić information content (AvgIpc) is 2.78. The Morgan fingerprint density at radius 3 is 2.94 bits per heavy atom. The third-order valence-corrected chi connectivity index (χ3v) is 3.57. The molecule has 0 aliphatic rings. The monoisotopic (exact) mass is 312 g/mol. The minimum Gasteiger partial charge on any atom is -0.481 e. The zero-order valence-corrected chi connectivity index (χ0v) is 11.1. The first-order valence-electron chi connectivity index (χ1n) is 4.90. The quantitative estimate of drug-likeness (QED) is 0.942. The van der Waals surface area contributed by atoms with Gasteiger partial charge in [-0.05, 0) is 35.6 Å². The first-order chi connectivity index (χ1) is 8.16. The Bertz CT molecular complexity index is 516. The molecule has 0 spiro atoms. The fraction of sp³-hybridized carbons (Fsp3) is 0.182. The molecule has 1 aromatic carbocycles. The third-order valence-electron chi connectivity index (χ3n) is 2.30. The highest BCUT2D eigenvalue weighted by atomic mass is 79.9. The summed E-state index contributed by atoms with van der Waals surface area (Å²) >= 11 is 4.49. The Hall–Kier alpha value is -1.27. The number of nitrogens with zero attached hydrogens (tertiary/aromatic N) is 2. The second-order valence-electron chi connectivity index (χ2n) is 3.50. The van der Waals surface area contributed by atoms with E-state index in [2.05, 4.69) is 25.3 Å². The summed E-state index contributed by atoms with van der Waals surface area (Å²) in [7, 11) is 0. The minimum atomic E-state index is -0.873. The number of benzene rings is 1. The number of aromatic nitrogens is 2. The van der Waals surface area contributed by atoms with Crippen LogP contribution in [0.3, 0.4) is 0 Å². The lowest BCUT2D eigenvalue weighted by Gasteiger charge is -2.09. The Morgan fingerprint density at radius 1 is 1.53 bits per heavy atom. The molecule has 0 bridgehead atoms. The van der Waals surface area contributed by atoms with Crippen LogP contribution in [-0.2, 0) is 11.2 Å². The molecule has 1 aromatic heterocycles. The van der Waals surface area contributed by atoms with Gasteiger partial charge in [-0.15, -0.1) is 0 Å². The first kappa shape index (κ1) is 12.2. The molecule has 4 nitrogen and oxygen atoms in total. The summed E-state index contributed by atoms with van der Waals surface area (Å²) < 4.78 is 4.78. The largest absolute Gasteiger partial charge is 0.481 e. The standard InChI is InChI=1S/C11H9BrN2O2S/c12-8-3-1-2-7(4-8)5-9(11(15)16)10-13-6-14-17-10/h1-4,6,9H,5H2,(H,15,16). The normalized spacial score (nSPS) is 12.3. The molecular formula is C11H9BrN2O2S. The lowest BCUT2D eigenvalue weighted by atomic mass is 10.0. The fourth-order valence-electron chi connectivity index (χ4n) is 1.52. The predicted octanol–water partition coefficient (Wildman–Crippen LogP) is 2.71. The minimum absolute atomic E-state index is 0.421. The van der Waals surface area contributed by atoms with Gasteiger partial charge in [0.1, 0.15) is 17.3 Å². The highest BCUT2D eigenvalue weighted by Gasteiger charge is 2.23.